The van der Waals surface area contributed by atoms with Crippen LogP contribution in [-0.4, -0.2) is 13.2 Å². The average Bonchev–Trinajstić information content (AvgIpc) is 2.44. The fraction of sp³-hybridized carbons (Fsp3) is 0.667. The molecule has 0 amide bonds. The second kappa shape index (κ2) is 5.67. The van der Waals surface area contributed by atoms with Crippen molar-refractivity contribution in [1.82, 2.24) is 0 Å². The Morgan fingerprint density at radius 2 is 2.20 bits per heavy atom. The van der Waals surface area contributed by atoms with E-state index in [1.807, 2.05) is 0 Å². The van der Waals surface area contributed by atoms with Crippen LogP contribution in [-0.2, 0) is 6.42 Å². The SMILES string of the molecule is CC1(C)CCCC(COc2ccc3c(c2)CCCN3)C1. The smallest absolute Gasteiger partial charge is 0.119 e. The summed E-state index contributed by atoms with van der Waals surface area (Å²) in [5.41, 5.74) is 3.21. The Labute approximate surface area is 122 Å². The molecule has 0 aromatic heterocycles. The predicted octanol–water partition coefficient (Wildman–Crippen LogP) is 4.64. The van der Waals surface area contributed by atoms with E-state index in [0.29, 0.717) is 5.41 Å². The van der Waals surface area contributed by atoms with Crippen LogP contribution >= 0.6 is 0 Å². The molecule has 1 aromatic rings. The van der Waals surface area contributed by atoms with Gasteiger partial charge in [-0.25, -0.2) is 0 Å². The fourth-order valence-corrected chi connectivity index (χ4v) is 3.75. The van der Waals surface area contributed by atoms with Crippen molar-refractivity contribution in [1.29, 1.82) is 0 Å². The van der Waals surface area contributed by atoms with Gasteiger partial charge < -0.3 is 10.1 Å². The van der Waals surface area contributed by atoms with E-state index in [9.17, 15) is 0 Å². The maximum absolute atomic E-state index is 6.08. The summed E-state index contributed by atoms with van der Waals surface area (Å²) in [6, 6.07) is 6.52. The highest BCUT2D eigenvalue weighted by Crippen LogP contribution is 2.38. The molecule has 0 saturated heterocycles. The molecule has 1 aliphatic heterocycles. The van der Waals surface area contributed by atoms with Crippen molar-refractivity contribution in [2.75, 3.05) is 18.5 Å². The van der Waals surface area contributed by atoms with Crippen LogP contribution in [0.1, 0.15) is 51.5 Å². The minimum Gasteiger partial charge on any atom is -0.493 e. The summed E-state index contributed by atoms with van der Waals surface area (Å²) in [6.07, 6.45) is 7.77. The molecule has 3 rings (SSSR count). The van der Waals surface area contributed by atoms with Gasteiger partial charge in [0.2, 0.25) is 0 Å². The van der Waals surface area contributed by atoms with Crippen LogP contribution in [0.5, 0.6) is 5.75 Å². The predicted molar refractivity (Wildman–Crippen MR) is 84.5 cm³/mol. The first-order chi connectivity index (χ1) is 9.62. The lowest BCUT2D eigenvalue weighted by Crippen LogP contribution is -2.26. The van der Waals surface area contributed by atoms with Crippen LogP contribution in [0.15, 0.2) is 18.2 Å². The van der Waals surface area contributed by atoms with E-state index in [2.05, 4.69) is 37.4 Å². The molecule has 1 aliphatic carbocycles. The highest BCUT2D eigenvalue weighted by molar-refractivity contribution is 5.55. The van der Waals surface area contributed by atoms with E-state index < -0.39 is 0 Å². The van der Waals surface area contributed by atoms with Gasteiger partial charge in [-0.15, -0.1) is 0 Å². The Bertz CT molecular complexity index is 466. The third kappa shape index (κ3) is 3.28. The second-order valence-electron chi connectivity index (χ2n) is 7.29. The van der Waals surface area contributed by atoms with Gasteiger partial charge in [0.05, 0.1) is 6.61 Å². The second-order valence-corrected chi connectivity index (χ2v) is 7.29. The number of benzene rings is 1. The number of hydrogen-bond acceptors (Lipinski definition) is 2. The van der Waals surface area contributed by atoms with Gasteiger partial charge in [0.25, 0.3) is 0 Å². The van der Waals surface area contributed by atoms with Crippen molar-refractivity contribution in [2.45, 2.75) is 52.4 Å². The van der Waals surface area contributed by atoms with Gasteiger partial charge in [-0.3, -0.25) is 0 Å². The maximum atomic E-state index is 6.08. The Morgan fingerprint density at radius 3 is 3.05 bits per heavy atom. The number of rotatable bonds is 3. The largest absolute Gasteiger partial charge is 0.493 e. The van der Waals surface area contributed by atoms with Gasteiger partial charge in [0.15, 0.2) is 0 Å². The van der Waals surface area contributed by atoms with Crippen LogP contribution in [0, 0.1) is 11.3 Å². The molecule has 0 spiro atoms. The Kier molecular flexibility index (Phi) is 3.91. The van der Waals surface area contributed by atoms with E-state index in [-0.39, 0.29) is 0 Å². The first kappa shape index (κ1) is 13.8. The molecule has 1 atom stereocenters. The van der Waals surface area contributed by atoms with Crippen LogP contribution in [0.3, 0.4) is 0 Å². The molecule has 2 heteroatoms. The summed E-state index contributed by atoms with van der Waals surface area (Å²) >= 11 is 0. The van der Waals surface area contributed by atoms with Crippen molar-refractivity contribution >= 4 is 5.69 Å². The molecule has 20 heavy (non-hydrogen) atoms. The molecule has 2 nitrogen and oxygen atoms in total. The molecule has 1 heterocycles. The van der Waals surface area contributed by atoms with Crippen molar-refractivity contribution in [2.24, 2.45) is 11.3 Å². The summed E-state index contributed by atoms with van der Waals surface area (Å²) in [4.78, 5) is 0. The Morgan fingerprint density at radius 1 is 1.30 bits per heavy atom. The topological polar surface area (TPSA) is 21.3 Å². The summed E-state index contributed by atoms with van der Waals surface area (Å²) < 4.78 is 6.08. The first-order valence-corrected chi connectivity index (χ1v) is 8.12. The lowest BCUT2D eigenvalue weighted by molar-refractivity contribution is 0.129. The van der Waals surface area contributed by atoms with Crippen molar-refractivity contribution in [3.8, 4) is 5.75 Å². The molecule has 1 saturated carbocycles. The van der Waals surface area contributed by atoms with Crippen LogP contribution in [0.4, 0.5) is 5.69 Å². The minimum absolute atomic E-state index is 0.506. The minimum atomic E-state index is 0.506. The van der Waals surface area contributed by atoms with Crippen molar-refractivity contribution in [3.63, 3.8) is 0 Å². The zero-order valence-electron chi connectivity index (χ0n) is 12.9. The zero-order valence-corrected chi connectivity index (χ0v) is 12.9. The Hall–Kier alpha value is -1.18. The van der Waals surface area contributed by atoms with Gasteiger partial charge in [-0.05, 0) is 67.2 Å². The third-order valence-corrected chi connectivity index (χ3v) is 4.81. The summed E-state index contributed by atoms with van der Waals surface area (Å²) in [5.74, 6) is 1.78. The van der Waals surface area contributed by atoms with Crippen molar-refractivity contribution in [3.05, 3.63) is 23.8 Å². The molecule has 1 aromatic carbocycles. The van der Waals surface area contributed by atoms with Crippen LogP contribution in [0.2, 0.25) is 0 Å². The number of fused-ring (bicyclic) bond motifs is 1. The quantitative estimate of drug-likeness (QED) is 0.866. The molecule has 1 N–H and O–H groups in total. The summed E-state index contributed by atoms with van der Waals surface area (Å²) in [7, 11) is 0. The highest BCUT2D eigenvalue weighted by Gasteiger charge is 2.28. The standard InChI is InChI=1S/C18H27NO/c1-18(2)9-3-5-14(12-18)13-20-16-7-8-17-15(11-16)6-4-10-19-17/h7-8,11,14,19H,3-6,9-10,12-13H2,1-2H3. The van der Waals surface area contributed by atoms with Crippen molar-refractivity contribution < 1.29 is 4.74 Å². The average molecular weight is 273 g/mol. The van der Waals surface area contributed by atoms with Crippen LogP contribution < -0.4 is 10.1 Å². The number of hydrogen-bond donors (Lipinski definition) is 1. The number of aryl methyl sites for hydroxylation is 1. The molecular weight excluding hydrogens is 246 g/mol. The van der Waals surface area contributed by atoms with Gasteiger partial charge in [-0.1, -0.05) is 20.3 Å². The number of nitrogens with one attached hydrogen (secondary N) is 1. The molecular formula is C18H27NO. The molecule has 1 unspecified atom stereocenters. The maximum Gasteiger partial charge on any atom is 0.119 e. The molecule has 0 radical (unpaired) electrons. The molecule has 2 aliphatic rings. The summed E-state index contributed by atoms with van der Waals surface area (Å²) in [6.45, 7) is 6.77. The summed E-state index contributed by atoms with van der Waals surface area (Å²) in [5, 5.41) is 3.45. The fourth-order valence-electron chi connectivity index (χ4n) is 3.75. The zero-order chi connectivity index (χ0) is 14.0. The lowest BCUT2D eigenvalue weighted by atomic mass is 9.72. The third-order valence-electron chi connectivity index (χ3n) is 4.81. The lowest BCUT2D eigenvalue weighted by Gasteiger charge is -2.35. The molecule has 110 valence electrons. The highest BCUT2D eigenvalue weighted by atomic mass is 16.5. The van der Waals surface area contributed by atoms with Gasteiger partial charge in [0, 0.05) is 12.2 Å². The van der Waals surface area contributed by atoms with E-state index in [4.69, 9.17) is 4.74 Å². The van der Waals surface area contributed by atoms with Gasteiger partial charge >= 0.3 is 0 Å². The monoisotopic (exact) mass is 273 g/mol. The van der Waals surface area contributed by atoms with E-state index in [0.717, 1.165) is 24.8 Å². The number of ether oxygens (including phenoxy) is 1. The van der Waals surface area contributed by atoms with E-state index >= 15 is 0 Å². The first-order valence-electron chi connectivity index (χ1n) is 8.12. The normalized spacial score (nSPS) is 24.6. The van der Waals surface area contributed by atoms with E-state index in [1.165, 1.54) is 49.8 Å². The van der Waals surface area contributed by atoms with Crippen LogP contribution in [0.25, 0.3) is 0 Å². The molecule has 1 fully saturated rings. The Balaban J connectivity index is 1.58. The van der Waals surface area contributed by atoms with E-state index in [1.54, 1.807) is 0 Å². The number of anilines is 1. The van der Waals surface area contributed by atoms with Gasteiger partial charge in [-0.2, -0.15) is 0 Å². The van der Waals surface area contributed by atoms with Gasteiger partial charge in [0.1, 0.15) is 5.75 Å². The molecule has 0 bridgehead atoms.